The van der Waals surface area contributed by atoms with Crippen LogP contribution in [0, 0.1) is 40.4 Å². The summed E-state index contributed by atoms with van der Waals surface area (Å²) in [6.45, 7) is 7.60. The van der Waals surface area contributed by atoms with E-state index in [0.717, 1.165) is 36.0 Å². The van der Waals surface area contributed by atoms with E-state index in [-0.39, 0.29) is 11.5 Å². The molecule has 4 aliphatic rings. The maximum atomic E-state index is 10.5. The first-order valence-corrected chi connectivity index (χ1v) is 9.65. The third-order valence-corrected chi connectivity index (χ3v) is 8.89. The van der Waals surface area contributed by atoms with Gasteiger partial charge in [-0.2, -0.15) is 0 Å². The van der Waals surface area contributed by atoms with Crippen LogP contribution in [-0.4, -0.2) is 11.2 Å². The maximum absolute atomic E-state index is 10.5. The number of hydrogen-bond acceptors (Lipinski definition) is 1. The summed E-state index contributed by atoms with van der Waals surface area (Å²) in [5.41, 5.74) is 0.869. The highest BCUT2D eigenvalue weighted by Gasteiger charge is 2.60. The fourth-order valence-electron chi connectivity index (χ4n) is 7.78. The molecular formula is C20H34O. The van der Waals surface area contributed by atoms with Crippen molar-refractivity contribution in [3.05, 3.63) is 0 Å². The molecule has 21 heavy (non-hydrogen) atoms. The van der Waals surface area contributed by atoms with E-state index < -0.39 is 0 Å². The summed E-state index contributed by atoms with van der Waals surface area (Å²) in [6, 6.07) is 0. The molecule has 4 saturated carbocycles. The third-order valence-electron chi connectivity index (χ3n) is 8.89. The molecule has 4 rings (SSSR count). The van der Waals surface area contributed by atoms with Gasteiger partial charge in [0.2, 0.25) is 0 Å². The molecule has 1 unspecified atom stereocenters. The van der Waals surface area contributed by atoms with E-state index >= 15 is 0 Å². The number of aliphatic hydroxyl groups excluding tert-OH is 1. The van der Waals surface area contributed by atoms with Crippen molar-refractivity contribution < 1.29 is 5.11 Å². The largest absolute Gasteiger partial charge is 0.393 e. The lowest BCUT2D eigenvalue weighted by atomic mass is 9.43. The van der Waals surface area contributed by atoms with Crippen LogP contribution in [0.2, 0.25) is 0 Å². The van der Waals surface area contributed by atoms with Crippen LogP contribution in [0.1, 0.15) is 78.6 Å². The Morgan fingerprint density at radius 1 is 0.810 bits per heavy atom. The Morgan fingerprint density at radius 3 is 2.38 bits per heavy atom. The maximum Gasteiger partial charge on any atom is 0.0596 e. The fraction of sp³-hybridized carbons (Fsp3) is 1.00. The average molecular weight is 290 g/mol. The first kappa shape index (κ1) is 14.5. The molecule has 1 heteroatoms. The van der Waals surface area contributed by atoms with Gasteiger partial charge in [0.25, 0.3) is 0 Å². The smallest absolute Gasteiger partial charge is 0.0596 e. The SMILES string of the molecule is CC1C[C@@H]2[C@H](CC[C@]3(C)[C@@H](O)CC[C@@H]23)[C@@]2(C)CCCC[C@H]12. The Balaban J connectivity index is 1.68. The molecule has 1 N–H and O–H groups in total. The molecular weight excluding hydrogens is 256 g/mol. The van der Waals surface area contributed by atoms with Crippen molar-refractivity contribution in [2.24, 2.45) is 40.4 Å². The molecule has 0 heterocycles. The van der Waals surface area contributed by atoms with Crippen LogP contribution in [0.5, 0.6) is 0 Å². The quantitative estimate of drug-likeness (QED) is 0.663. The lowest BCUT2D eigenvalue weighted by Gasteiger charge is -2.62. The number of hydrogen-bond donors (Lipinski definition) is 1. The van der Waals surface area contributed by atoms with Crippen LogP contribution in [-0.2, 0) is 0 Å². The molecule has 0 amide bonds. The van der Waals surface area contributed by atoms with E-state index in [4.69, 9.17) is 0 Å². The Kier molecular flexibility index (Phi) is 3.27. The van der Waals surface area contributed by atoms with E-state index in [1.807, 2.05) is 0 Å². The Morgan fingerprint density at radius 2 is 1.57 bits per heavy atom. The molecule has 1 nitrogen and oxygen atoms in total. The number of fused-ring (bicyclic) bond motifs is 5. The minimum Gasteiger partial charge on any atom is -0.393 e. The van der Waals surface area contributed by atoms with Gasteiger partial charge in [-0.1, -0.05) is 33.6 Å². The zero-order valence-electron chi connectivity index (χ0n) is 14.3. The van der Waals surface area contributed by atoms with Gasteiger partial charge in [-0.25, -0.2) is 0 Å². The van der Waals surface area contributed by atoms with Gasteiger partial charge >= 0.3 is 0 Å². The van der Waals surface area contributed by atoms with Crippen molar-refractivity contribution >= 4 is 0 Å². The summed E-state index contributed by atoms with van der Waals surface area (Å²) in [5.74, 6) is 4.59. The molecule has 0 aromatic heterocycles. The monoisotopic (exact) mass is 290 g/mol. The standard InChI is InChI=1S/C20H34O/c1-13-12-14-16-7-8-18(21)20(16,3)11-9-17(14)19(2)10-5-4-6-15(13)19/h13-18,21H,4-12H2,1-3H3/t13?,14-,15+,16-,17-,18-,19-,20-/m0/s1. The minimum atomic E-state index is -0.0179. The summed E-state index contributed by atoms with van der Waals surface area (Å²) in [4.78, 5) is 0. The van der Waals surface area contributed by atoms with Gasteiger partial charge in [-0.3, -0.25) is 0 Å². The first-order valence-electron chi connectivity index (χ1n) is 9.65. The highest BCUT2D eigenvalue weighted by molar-refractivity contribution is 5.09. The van der Waals surface area contributed by atoms with Gasteiger partial charge in [-0.15, -0.1) is 0 Å². The molecule has 0 aromatic carbocycles. The number of rotatable bonds is 0. The first-order chi connectivity index (χ1) is 9.97. The molecule has 4 fully saturated rings. The van der Waals surface area contributed by atoms with E-state index in [2.05, 4.69) is 20.8 Å². The molecule has 0 aromatic rings. The molecule has 120 valence electrons. The summed E-state index contributed by atoms with van der Waals surface area (Å²) >= 11 is 0. The molecule has 0 saturated heterocycles. The second-order valence-electron chi connectivity index (χ2n) is 9.59. The molecule has 0 radical (unpaired) electrons. The van der Waals surface area contributed by atoms with Crippen molar-refractivity contribution in [2.75, 3.05) is 0 Å². The highest BCUT2D eigenvalue weighted by atomic mass is 16.3. The van der Waals surface area contributed by atoms with E-state index in [1.165, 1.54) is 51.4 Å². The summed E-state index contributed by atoms with van der Waals surface area (Å²) in [7, 11) is 0. The van der Waals surface area contributed by atoms with Gasteiger partial charge in [-0.05, 0) is 85.4 Å². The Labute approximate surface area is 130 Å². The Hall–Kier alpha value is -0.0400. The predicted molar refractivity (Wildman–Crippen MR) is 86.9 cm³/mol. The third kappa shape index (κ3) is 1.85. The fourth-order valence-corrected chi connectivity index (χ4v) is 7.78. The summed E-state index contributed by atoms with van der Waals surface area (Å²) in [6.07, 6.45) is 12.4. The molecule has 4 aliphatic carbocycles. The van der Waals surface area contributed by atoms with Crippen LogP contribution in [0.3, 0.4) is 0 Å². The second kappa shape index (κ2) is 4.73. The zero-order chi connectivity index (χ0) is 14.8. The molecule has 0 aliphatic heterocycles. The van der Waals surface area contributed by atoms with E-state index in [9.17, 15) is 5.11 Å². The van der Waals surface area contributed by atoms with Crippen molar-refractivity contribution in [3.8, 4) is 0 Å². The van der Waals surface area contributed by atoms with Crippen molar-refractivity contribution in [1.29, 1.82) is 0 Å². The predicted octanol–water partition coefficient (Wildman–Crippen LogP) is 5.03. The average Bonchev–Trinajstić information content (AvgIpc) is 2.75. The minimum absolute atomic E-state index is 0.0179. The Bertz CT molecular complexity index is 418. The van der Waals surface area contributed by atoms with Crippen LogP contribution in [0.15, 0.2) is 0 Å². The van der Waals surface area contributed by atoms with Gasteiger partial charge in [0.15, 0.2) is 0 Å². The van der Waals surface area contributed by atoms with Crippen LogP contribution in [0.4, 0.5) is 0 Å². The van der Waals surface area contributed by atoms with Crippen molar-refractivity contribution in [3.63, 3.8) is 0 Å². The highest BCUT2D eigenvalue weighted by Crippen LogP contribution is 2.67. The van der Waals surface area contributed by atoms with E-state index in [1.54, 1.807) is 0 Å². The topological polar surface area (TPSA) is 20.2 Å². The van der Waals surface area contributed by atoms with Gasteiger partial charge in [0.05, 0.1) is 6.10 Å². The van der Waals surface area contributed by atoms with E-state index in [0.29, 0.717) is 5.41 Å². The van der Waals surface area contributed by atoms with Gasteiger partial charge in [0, 0.05) is 0 Å². The van der Waals surface area contributed by atoms with Gasteiger partial charge in [0.1, 0.15) is 0 Å². The van der Waals surface area contributed by atoms with Crippen molar-refractivity contribution in [1.82, 2.24) is 0 Å². The normalized spacial score (nSPS) is 60.0. The second-order valence-corrected chi connectivity index (χ2v) is 9.59. The number of aliphatic hydroxyl groups is 1. The lowest BCUT2D eigenvalue weighted by molar-refractivity contribution is -0.138. The zero-order valence-corrected chi connectivity index (χ0v) is 14.3. The summed E-state index contributed by atoms with van der Waals surface area (Å²) in [5, 5.41) is 10.5. The van der Waals surface area contributed by atoms with Crippen LogP contribution in [0.25, 0.3) is 0 Å². The van der Waals surface area contributed by atoms with Crippen molar-refractivity contribution in [2.45, 2.75) is 84.7 Å². The molecule has 0 bridgehead atoms. The lowest BCUT2D eigenvalue weighted by Crippen LogP contribution is -2.55. The van der Waals surface area contributed by atoms with Crippen LogP contribution >= 0.6 is 0 Å². The molecule has 8 atom stereocenters. The molecule has 0 spiro atoms. The summed E-state index contributed by atoms with van der Waals surface area (Å²) < 4.78 is 0. The van der Waals surface area contributed by atoms with Gasteiger partial charge < -0.3 is 5.11 Å². The van der Waals surface area contributed by atoms with Crippen LogP contribution < -0.4 is 0 Å².